The average Bonchev–Trinajstić information content (AvgIpc) is 2.48. The molecule has 0 bridgehead atoms. The summed E-state index contributed by atoms with van der Waals surface area (Å²) in [5.74, 6) is 1.13. The Labute approximate surface area is 128 Å². The van der Waals surface area contributed by atoms with Crippen molar-refractivity contribution < 1.29 is 4.74 Å². The summed E-state index contributed by atoms with van der Waals surface area (Å²) in [7, 11) is 4.24. The monoisotopic (exact) mass is 288 g/mol. The molecular weight excluding hydrogens is 260 g/mol. The molecule has 0 N–H and O–H groups in total. The second kappa shape index (κ2) is 5.98. The topological polar surface area (TPSA) is 15.7 Å². The molecule has 2 aliphatic heterocycles. The highest BCUT2D eigenvalue weighted by Gasteiger charge is 2.39. The van der Waals surface area contributed by atoms with E-state index in [0.717, 1.165) is 12.3 Å². The Bertz CT molecular complexity index is 490. The molecule has 0 amide bonds. The Morgan fingerprint density at radius 1 is 1.19 bits per heavy atom. The summed E-state index contributed by atoms with van der Waals surface area (Å²) in [6.45, 7) is 6.79. The van der Waals surface area contributed by atoms with E-state index in [0.29, 0.717) is 0 Å². The van der Waals surface area contributed by atoms with Gasteiger partial charge in [0.15, 0.2) is 0 Å². The van der Waals surface area contributed by atoms with Crippen molar-refractivity contribution in [2.45, 2.75) is 44.8 Å². The van der Waals surface area contributed by atoms with E-state index < -0.39 is 0 Å². The highest BCUT2D eigenvalue weighted by atomic mass is 16.5. The van der Waals surface area contributed by atoms with Crippen molar-refractivity contribution in [3.05, 3.63) is 29.3 Å². The molecule has 1 aromatic rings. The molecule has 21 heavy (non-hydrogen) atoms. The summed E-state index contributed by atoms with van der Waals surface area (Å²) in [4.78, 5) is 4.75. The molecule has 1 aromatic carbocycles. The Morgan fingerprint density at radius 2 is 1.95 bits per heavy atom. The fraction of sp³-hybridized carbons (Fsp3) is 0.667. The molecule has 0 aromatic heterocycles. The zero-order valence-electron chi connectivity index (χ0n) is 13.7. The van der Waals surface area contributed by atoms with Crippen LogP contribution >= 0.6 is 0 Å². The maximum atomic E-state index is 6.47. The lowest BCUT2D eigenvalue weighted by atomic mass is 9.83. The van der Waals surface area contributed by atoms with Crippen LogP contribution in [-0.2, 0) is 13.0 Å². The summed E-state index contributed by atoms with van der Waals surface area (Å²) in [6.07, 6.45) is 4.71. The second-order valence-electron chi connectivity index (χ2n) is 6.90. The molecular formula is C18H28N2O. The predicted molar refractivity (Wildman–Crippen MR) is 86.9 cm³/mol. The number of hydrogen-bond donors (Lipinski definition) is 0. The minimum Gasteiger partial charge on any atom is -0.487 e. The van der Waals surface area contributed by atoms with E-state index in [9.17, 15) is 0 Å². The van der Waals surface area contributed by atoms with E-state index in [2.05, 4.69) is 49.0 Å². The summed E-state index contributed by atoms with van der Waals surface area (Å²) in [6, 6.07) is 6.75. The first-order chi connectivity index (χ1) is 10.1. The third-order valence-corrected chi connectivity index (χ3v) is 5.01. The average molecular weight is 288 g/mol. The summed E-state index contributed by atoms with van der Waals surface area (Å²) in [5, 5.41) is 0. The number of aryl methyl sites for hydroxylation is 1. The quantitative estimate of drug-likeness (QED) is 0.850. The SMILES string of the molecule is CCN1CCC2(CCc3cc(CN(C)C)ccc3O2)CC1. The first-order valence-electron chi connectivity index (χ1n) is 8.28. The molecule has 3 heteroatoms. The highest BCUT2D eigenvalue weighted by Crippen LogP contribution is 2.39. The highest BCUT2D eigenvalue weighted by molar-refractivity contribution is 5.39. The zero-order valence-corrected chi connectivity index (χ0v) is 13.7. The number of nitrogens with zero attached hydrogens (tertiary/aromatic N) is 2. The second-order valence-corrected chi connectivity index (χ2v) is 6.90. The van der Waals surface area contributed by atoms with Gasteiger partial charge in [-0.25, -0.2) is 0 Å². The number of fused-ring (bicyclic) bond motifs is 1. The fourth-order valence-electron chi connectivity index (χ4n) is 3.67. The van der Waals surface area contributed by atoms with Crippen molar-refractivity contribution in [3.8, 4) is 5.75 Å². The van der Waals surface area contributed by atoms with Gasteiger partial charge >= 0.3 is 0 Å². The Balaban J connectivity index is 1.71. The summed E-state index contributed by atoms with van der Waals surface area (Å²) >= 11 is 0. The van der Waals surface area contributed by atoms with Crippen LogP contribution in [0.15, 0.2) is 18.2 Å². The third-order valence-electron chi connectivity index (χ3n) is 5.01. The van der Waals surface area contributed by atoms with Crippen LogP contribution in [-0.4, -0.2) is 49.1 Å². The normalized spacial score (nSPS) is 21.3. The van der Waals surface area contributed by atoms with Crippen molar-refractivity contribution >= 4 is 0 Å². The largest absolute Gasteiger partial charge is 0.487 e. The van der Waals surface area contributed by atoms with Crippen LogP contribution in [0.5, 0.6) is 5.75 Å². The summed E-state index contributed by atoms with van der Waals surface area (Å²) in [5.41, 5.74) is 2.90. The van der Waals surface area contributed by atoms with Crippen LogP contribution in [0.4, 0.5) is 0 Å². The predicted octanol–water partition coefficient (Wildman–Crippen LogP) is 2.93. The Kier molecular flexibility index (Phi) is 4.23. The van der Waals surface area contributed by atoms with Crippen molar-refractivity contribution in [1.29, 1.82) is 0 Å². The van der Waals surface area contributed by atoms with Crippen LogP contribution in [0.2, 0.25) is 0 Å². The van der Waals surface area contributed by atoms with E-state index in [1.54, 1.807) is 0 Å². The van der Waals surface area contributed by atoms with Crippen LogP contribution < -0.4 is 4.74 Å². The van der Waals surface area contributed by atoms with Crippen LogP contribution in [0.25, 0.3) is 0 Å². The molecule has 2 heterocycles. The first-order valence-corrected chi connectivity index (χ1v) is 8.28. The zero-order chi connectivity index (χ0) is 14.9. The molecule has 1 spiro atoms. The minimum absolute atomic E-state index is 0.113. The molecule has 3 nitrogen and oxygen atoms in total. The van der Waals surface area contributed by atoms with Crippen LogP contribution in [0.3, 0.4) is 0 Å². The number of likely N-dealkylation sites (tertiary alicyclic amines) is 1. The van der Waals surface area contributed by atoms with Gasteiger partial charge in [-0.15, -0.1) is 0 Å². The van der Waals surface area contributed by atoms with Crippen molar-refractivity contribution in [2.24, 2.45) is 0 Å². The molecule has 0 radical (unpaired) electrons. The Hall–Kier alpha value is -1.06. The van der Waals surface area contributed by atoms with Gasteiger partial charge in [-0.2, -0.15) is 0 Å². The lowest BCUT2D eigenvalue weighted by Crippen LogP contribution is -2.49. The number of piperidine rings is 1. The molecule has 0 saturated carbocycles. The molecule has 1 saturated heterocycles. The van der Waals surface area contributed by atoms with Crippen LogP contribution in [0.1, 0.15) is 37.3 Å². The van der Waals surface area contributed by atoms with Crippen LogP contribution in [0, 0.1) is 0 Å². The fourth-order valence-corrected chi connectivity index (χ4v) is 3.67. The number of rotatable bonds is 3. The van der Waals surface area contributed by atoms with Gasteiger partial charge in [-0.1, -0.05) is 19.1 Å². The summed E-state index contributed by atoms with van der Waals surface area (Å²) < 4.78 is 6.47. The molecule has 0 unspecified atom stereocenters. The van der Waals surface area contributed by atoms with E-state index in [1.165, 1.54) is 56.4 Å². The van der Waals surface area contributed by atoms with Gasteiger partial charge in [0.25, 0.3) is 0 Å². The number of hydrogen-bond acceptors (Lipinski definition) is 3. The van der Waals surface area contributed by atoms with E-state index in [1.807, 2.05) is 0 Å². The smallest absolute Gasteiger partial charge is 0.123 e. The maximum Gasteiger partial charge on any atom is 0.123 e. The number of ether oxygens (including phenoxy) is 1. The van der Waals surface area contributed by atoms with Gasteiger partial charge in [0, 0.05) is 19.6 Å². The van der Waals surface area contributed by atoms with Crippen molar-refractivity contribution in [3.63, 3.8) is 0 Å². The van der Waals surface area contributed by atoms with Crippen molar-refractivity contribution in [2.75, 3.05) is 33.7 Å². The maximum absolute atomic E-state index is 6.47. The van der Waals surface area contributed by atoms with Gasteiger partial charge in [-0.05, 0) is 63.5 Å². The lowest BCUT2D eigenvalue weighted by molar-refractivity contribution is -0.0133. The molecule has 3 rings (SSSR count). The minimum atomic E-state index is 0.113. The lowest BCUT2D eigenvalue weighted by Gasteiger charge is -2.44. The molecule has 0 atom stereocenters. The number of benzene rings is 1. The van der Waals surface area contributed by atoms with Crippen molar-refractivity contribution in [1.82, 2.24) is 9.80 Å². The van der Waals surface area contributed by atoms with Gasteiger partial charge in [0.1, 0.15) is 11.4 Å². The Morgan fingerprint density at radius 3 is 2.62 bits per heavy atom. The standard InChI is InChI=1S/C18H28N2O/c1-4-20-11-9-18(10-12-20)8-7-16-13-15(14-19(2)3)5-6-17(16)21-18/h5-6,13H,4,7-12,14H2,1-3H3. The van der Waals surface area contributed by atoms with E-state index in [-0.39, 0.29) is 5.60 Å². The third kappa shape index (κ3) is 3.24. The first kappa shape index (κ1) is 14.9. The molecule has 0 aliphatic carbocycles. The van der Waals surface area contributed by atoms with Gasteiger partial charge in [0.2, 0.25) is 0 Å². The van der Waals surface area contributed by atoms with E-state index >= 15 is 0 Å². The molecule has 2 aliphatic rings. The molecule has 1 fully saturated rings. The van der Waals surface area contributed by atoms with E-state index in [4.69, 9.17) is 4.74 Å². The molecule has 116 valence electrons. The van der Waals surface area contributed by atoms with Gasteiger partial charge < -0.3 is 14.5 Å². The van der Waals surface area contributed by atoms with Gasteiger partial charge in [-0.3, -0.25) is 0 Å². The van der Waals surface area contributed by atoms with Gasteiger partial charge in [0.05, 0.1) is 0 Å².